The first-order valence-corrected chi connectivity index (χ1v) is 8.61. The highest BCUT2D eigenvalue weighted by Crippen LogP contribution is 2.40. The molecule has 0 radical (unpaired) electrons. The summed E-state index contributed by atoms with van der Waals surface area (Å²) in [6, 6.07) is 0.460. The number of anilines is 1. The second-order valence-electron chi connectivity index (χ2n) is 6.02. The second kappa shape index (κ2) is 6.18. The third kappa shape index (κ3) is 2.75. The third-order valence-electron chi connectivity index (χ3n) is 4.82. The number of carbonyl (C=O) groups is 1. The number of carbonyl (C=O) groups excluding carboxylic acids is 1. The maximum atomic E-state index is 11.7. The van der Waals surface area contributed by atoms with Gasteiger partial charge in [-0.3, -0.25) is 0 Å². The quantitative estimate of drug-likeness (QED) is 0.800. The van der Waals surface area contributed by atoms with Crippen LogP contribution in [0.5, 0.6) is 0 Å². The summed E-state index contributed by atoms with van der Waals surface area (Å²) >= 11 is 1.61. The van der Waals surface area contributed by atoms with Crippen molar-refractivity contribution in [1.29, 1.82) is 0 Å². The van der Waals surface area contributed by atoms with Crippen LogP contribution < -0.4 is 4.90 Å². The Kier molecular flexibility index (Phi) is 4.43. The van der Waals surface area contributed by atoms with E-state index in [1.54, 1.807) is 11.3 Å². The predicted octanol–water partition coefficient (Wildman–Crippen LogP) is 2.97. The average Bonchev–Trinajstić information content (AvgIpc) is 3.14. The van der Waals surface area contributed by atoms with Gasteiger partial charge in [0.25, 0.3) is 0 Å². The Morgan fingerprint density at radius 3 is 2.59 bits per heavy atom. The molecule has 1 spiro atoms. The minimum Gasteiger partial charge on any atom is -0.465 e. The molecule has 1 aliphatic heterocycles. The number of thiophene rings is 1. The van der Waals surface area contributed by atoms with Gasteiger partial charge in [0.2, 0.25) is 0 Å². The Hall–Kier alpha value is -1.11. The zero-order chi connectivity index (χ0) is 15.7. The van der Waals surface area contributed by atoms with E-state index >= 15 is 0 Å². The molecule has 5 nitrogen and oxygen atoms in total. The van der Waals surface area contributed by atoms with E-state index in [9.17, 15) is 4.79 Å². The number of esters is 1. The van der Waals surface area contributed by atoms with Gasteiger partial charge < -0.3 is 19.1 Å². The Labute approximate surface area is 135 Å². The van der Waals surface area contributed by atoms with Crippen molar-refractivity contribution in [1.82, 2.24) is 0 Å². The fraction of sp³-hybridized carbons (Fsp3) is 0.688. The smallest absolute Gasteiger partial charge is 0.339 e. The monoisotopic (exact) mass is 325 g/mol. The first-order valence-electron chi connectivity index (χ1n) is 7.73. The molecule has 6 heteroatoms. The number of nitrogens with zero attached hydrogens (tertiary/aromatic N) is 1. The molecule has 2 fully saturated rings. The van der Waals surface area contributed by atoms with Crippen LogP contribution in [0.1, 0.15) is 41.6 Å². The summed E-state index contributed by atoms with van der Waals surface area (Å²) in [6.07, 6.45) is 3.97. The summed E-state index contributed by atoms with van der Waals surface area (Å²) in [7, 11) is 3.53. The molecule has 1 aromatic rings. The molecule has 2 heterocycles. The van der Waals surface area contributed by atoms with Gasteiger partial charge in [-0.25, -0.2) is 4.79 Å². The Bertz CT molecular complexity index is 540. The lowest BCUT2D eigenvalue weighted by Gasteiger charge is -2.39. The predicted molar refractivity (Wildman–Crippen MR) is 85.7 cm³/mol. The number of ether oxygens (including phenoxy) is 3. The minimum absolute atomic E-state index is 0.260. The molecule has 122 valence electrons. The van der Waals surface area contributed by atoms with Gasteiger partial charge in [-0.05, 0) is 25.3 Å². The van der Waals surface area contributed by atoms with Crippen molar-refractivity contribution in [3.63, 3.8) is 0 Å². The van der Waals surface area contributed by atoms with Crippen molar-refractivity contribution in [2.45, 2.75) is 44.4 Å². The van der Waals surface area contributed by atoms with Gasteiger partial charge in [0.05, 0.1) is 30.9 Å². The molecule has 0 aromatic carbocycles. The lowest BCUT2D eigenvalue weighted by Crippen LogP contribution is -2.42. The molecule has 22 heavy (non-hydrogen) atoms. The Balaban J connectivity index is 1.68. The van der Waals surface area contributed by atoms with Gasteiger partial charge in [0.1, 0.15) is 0 Å². The normalized spacial score (nSPS) is 21.2. The van der Waals surface area contributed by atoms with Crippen molar-refractivity contribution < 1.29 is 19.0 Å². The number of rotatable bonds is 3. The lowest BCUT2D eigenvalue weighted by molar-refractivity contribution is -0.178. The van der Waals surface area contributed by atoms with Crippen molar-refractivity contribution in [2.24, 2.45) is 0 Å². The summed E-state index contributed by atoms with van der Waals surface area (Å²) in [5.41, 5.74) is 1.68. The van der Waals surface area contributed by atoms with Crippen molar-refractivity contribution >= 4 is 22.3 Å². The largest absolute Gasteiger partial charge is 0.465 e. The van der Waals surface area contributed by atoms with Crippen LogP contribution in [0.25, 0.3) is 0 Å². The van der Waals surface area contributed by atoms with Gasteiger partial charge in [0, 0.05) is 31.3 Å². The van der Waals surface area contributed by atoms with E-state index in [2.05, 4.69) is 11.9 Å². The Morgan fingerprint density at radius 2 is 2.00 bits per heavy atom. The maximum absolute atomic E-state index is 11.7. The first-order chi connectivity index (χ1) is 10.6. The summed E-state index contributed by atoms with van der Waals surface area (Å²) in [6.45, 7) is 3.42. The maximum Gasteiger partial charge on any atom is 0.339 e. The van der Waals surface area contributed by atoms with E-state index in [1.807, 2.05) is 12.3 Å². The van der Waals surface area contributed by atoms with Gasteiger partial charge >= 0.3 is 5.97 Å². The second-order valence-corrected chi connectivity index (χ2v) is 6.88. The Morgan fingerprint density at radius 1 is 1.36 bits per heavy atom. The van der Waals surface area contributed by atoms with Crippen LogP contribution in [0.2, 0.25) is 0 Å². The van der Waals surface area contributed by atoms with Crippen LogP contribution in [0.4, 0.5) is 5.00 Å². The minimum atomic E-state index is -0.320. The molecule has 0 amide bonds. The molecular weight excluding hydrogens is 302 g/mol. The summed E-state index contributed by atoms with van der Waals surface area (Å²) in [4.78, 5) is 14.0. The highest BCUT2D eigenvalue weighted by molar-refractivity contribution is 7.14. The zero-order valence-corrected chi connectivity index (χ0v) is 14.2. The molecule has 2 aliphatic rings. The number of hydrogen-bond acceptors (Lipinski definition) is 6. The zero-order valence-electron chi connectivity index (χ0n) is 13.4. The lowest BCUT2D eigenvalue weighted by atomic mass is 9.89. The van der Waals surface area contributed by atoms with Crippen LogP contribution in [-0.4, -0.2) is 45.2 Å². The van der Waals surface area contributed by atoms with Gasteiger partial charge in [-0.2, -0.15) is 0 Å². The van der Waals surface area contributed by atoms with E-state index < -0.39 is 0 Å². The fourth-order valence-electron chi connectivity index (χ4n) is 3.45. The van der Waals surface area contributed by atoms with Crippen molar-refractivity contribution in [3.8, 4) is 0 Å². The molecule has 3 rings (SSSR count). The molecule has 1 aromatic heterocycles. The molecule has 0 atom stereocenters. The molecule has 0 unspecified atom stereocenters. The van der Waals surface area contributed by atoms with Crippen molar-refractivity contribution in [2.75, 3.05) is 32.3 Å². The van der Waals surface area contributed by atoms with E-state index in [0.29, 0.717) is 24.8 Å². The topological polar surface area (TPSA) is 48.0 Å². The number of methoxy groups -OCH3 is 1. The standard InChI is InChI=1S/C16H23NO4S/c1-11-13(15(18)19-3)10-22-14(11)17(2)12-4-6-16(7-5-12)20-8-9-21-16/h10,12H,4-9H2,1-3H3. The van der Waals surface area contributed by atoms with Gasteiger partial charge in [-0.1, -0.05) is 0 Å². The molecule has 0 bridgehead atoms. The van der Waals surface area contributed by atoms with E-state index in [1.165, 1.54) is 7.11 Å². The van der Waals surface area contributed by atoms with Crippen molar-refractivity contribution in [3.05, 3.63) is 16.5 Å². The van der Waals surface area contributed by atoms with Crippen LogP contribution in [0, 0.1) is 6.92 Å². The fourth-order valence-corrected chi connectivity index (χ4v) is 4.55. The van der Waals surface area contributed by atoms with Gasteiger partial charge in [-0.15, -0.1) is 11.3 Å². The van der Waals surface area contributed by atoms with Crippen LogP contribution in [-0.2, 0) is 14.2 Å². The molecule has 0 N–H and O–H groups in total. The highest BCUT2D eigenvalue weighted by Gasteiger charge is 2.41. The summed E-state index contributed by atoms with van der Waals surface area (Å²) in [5.74, 6) is -0.581. The van der Waals surface area contributed by atoms with E-state index in [4.69, 9.17) is 14.2 Å². The van der Waals surface area contributed by atoms with Crippen LogP contribution >= 0.6 is 11.3 Å². The van der Waals surface area contributed by atoms with Crippen LogP contribution in [0.3, 0.4) is 0 Å². The molecule has 1 saturated heterocycles. The summed E-state index contributed by atoms with van der Waals surface area (Å²) in [5, 5.41) is 3.04. The highest BCUT2D eigenvalue weighted by atomic mass is 32.1. The summed E-state index contributed by atoms with van der Waals surface area (Å²) < 4.78 is 16.4. The number of hydrogen-bond donors (Lipinski definition) is 0. The first kappa shape index (κ1) is 15.8. The van der Waals surface area contributed by atoms with E-state index in [0.717, 1.165) is 36.2 Å². The molecular formula is C16H23NO4S. The third-order valence-corrected chi connectivity index (χ3v) is 5.99. The van der Waals surface area contributed by atoms with Crippen LogP contribution in [0.15, 0.2) is 5.38 Å². The molecule has 1 saturated carbocycles. The SMILES string of the molecule is COC(=O)c1csc(N(C)C2CCC3(CC2)OCCO3)c1C. The molecule has 1 aliphatic carbocycles. The van der Waals surface area contributed by atoms with Gasteiger partial charge in [0.15, 0.2) is 5.79 Å². The van der Waals surface area contributed by atoms with E-state index in [-0.39, 0.29) is 11.8 Å². The average molecular weight is 325 g/mol.